The minimum atomic E-state index is -5.27. The van der Waals surface area contributed by atoms with Crippen molar-refractivity contribution in [3.63, 3.8) is 0 Å². The molecule has 21 heavy (non-hydrogen) atoms. The quantitative estimate of drug-likeness (QED) is 0.459. The van der Waals surface area contributed by atoms with Gasteiger partial charge in [-0.3, -0.25) is 4.79 Å². The molecule has 0 fully saturated rings. The van der Waals surface area contributed by atoms with Gasteiger partial charge in [0.2, 0.25) is 0 Å². The van der Waals surface area contributed by atoms with Crippen molar-refractivity contribution in [2.45, 2.75) is 12.4 Å². The smallest absolute Gasteiger partial charge is 0.454 e. The summed E-state index contributed by atoms with van der Waals surface area (Å²) in [5.41, 5.74) is -2.18. The van der Waals surface area contributed by atoms with Crippen molar-refractivity contribution in [2.24, 2.45) is 0 Å². The summed E-state index contributed by atoms with van der Waals surface area (Å²) in [4.78, 5) is 10.6. The highest BCUT2D eigenvalue weighted by atomic mass is 35.5. The maximum atomic E-state index is 12.6. The monoisotopic (exact) mass is 352 g/mol. The first-order valence-corrected chi connectivity index (χ1v) is 5.68. The fraction of sp³-hybridized carbons (Fsp3) is 0.182. The zero-order valence-corrected chi connectivity index (χ0v) is 11.1. The van der Waals surface area contributed by atoms with Gasteiger partial charge in [0.05, 0.1) is 15.6 Å². The van der Waals surface area contributed by atoms with Crippen LogP contribution in [0.15, 0.2) is 18.2 Å². The summed E-state index contributed by atoms with van der Waals surface area (Å²) in [5.74, 6) is -3.75. The lowest BCUT2D eigenvalue weighted by Gasteiger charge is -2.12. The molecule has 0 aliphatic carbocycles. The molecular weight excluding hydrogens is 349 g/mol. The highest BCUT2D eigenvalue weighted by Gasteiger charge is 2.38. The summed E-state index contributed by atoms with van der Waals surface area (Å²) >= 11 is 10.8. The summed E-state index contributed by atoms with van der Waals surface area (Å²) in [6.45, 7) is 0. The van der Waals surface area contributed by atoms with Crippen LogP contribution in [0.2, 0.25) is 10.0 Å². The van der Waals surface area contributed by atoms with Gasteiger partial charge in [-0.05, 0) is 12.1 Å². The summed E-state index contributed by atoms with van der Waals surface area (Å²) in [6.07, 6.45) is -10.5. The maximum absolute atomic E-state index is 12.6. The number of hydrogen-bond donors (Lipinski definition) is 1. The summed E-state index contributed by atoms with van der Waals surface area (Å²) in [6, 6.07) is 0.984. The largest absolute Gasteiger partial charge is 0.507 e. The molecule has 0 aliphatic rings. The van der Waals surface area contributed by atoms with Gasteiger partial charge in [-0.15, -0.1) is 0 Å². The Labute approximate surface area is 123 Å². The molecule has 1 rings (SSSR count). The third kappa shape index (κ3) is 4.28. The molecule has 0 amide bonds. The number of ketones is 1. The Kier molecular flexibility index (Phi) is 4.84. The topological polar surface area (TPSA) is 37.3 Å². The third-order valence-corrected chi connectivity index (χ3v) is 2.98. The Hall–Kier alpha value is -1.41. The molecule has 0 aromatic heterocycles. The lowest BCUT2D eigenvalue weighted by atomic mass is 10.1. The van der Waals surface area contributed by atoms with Crippen LogP contribution in [-0.4, -0.2) is 17.1 Å². The average molecular weight is 353 g/mol. The molecule has 0 saturated heterocycles. The average Bonchev–Trinajstić information content (AvgIpc) is 2.29. The molecule has 1 N–H and O–H groups in total. The molecule has 0 saturated carbocycles. The summed E-state index contributed by atoms with van der Waals surface area (Å²) in [7, 11) is 0. The number of carbonyl (C=O) groups excluding carboxylic acids is 1. The number of rotatable bonds is 2. The van der Waals surface area contributed by atoms with Crippen LogP contribution in [0.3, 0.4) is 0 Å². The number of carbonyl (C=O) groups is 1. The number of aliphatic hydroxyl groups excluding tert-OH is 1. The van der Waals surface area contributed by atoms with E-state index in [9.17, 15) is 36.2 Å². The van der Waals surface area contributed by atoms with Crippen LogP contribution in [0.25, 0.3) is 5.76 Å². The van der Waals surface area contributed by atoms with Crippen molar-refractivity contribution in [3.05, 3.63) is 39.4 Å². The molecule has 0 atom stereocenters. The van der Waals surface area contributed by atoms with Crippen LogP contribution in [0.4, 0.5) is 26.3 Å². The van der Waals surface area contributed by atoms with Crippen molar-refractivity contribution in [2.75, 3.05) is 0 Å². The van der Waals surface area contributed by atoms with Crippen molar-refractivity contribution in [1.82, 2.24) is 0 Å². The van der Waals surface area contributed by atoms with Crippen molar-refractivity contribution in [3.8, 4) is 0 Å². The Morgan fingerprint density at radius 2 is 1.62 bits per heavy atom. The zero-order valence-electron chi connectivity index (χ0n) is 9.61. The zero-order chi connectivity index (χ0) is 16.6. The van der Waals surface area contributed by atoms with E-state index in [1.54, 1.807) is 0 Å². The van der Waals surface area contributed by atoms with Gasteiger partial charge in [0.1, 0.15) is 5.76 Å². The molecule has 0 radical (unpaired) electrons. The van der Waals surface area contributed by atoms with E-state index < -0.39 is 45.1 Å². The van der Waals surface area contributed by atoms with Gasteiger partial charge >= 0.3 is 12.4 Å². The number of allylic oxidation sites excluding steroid dienone is 1. The van der Waals surface area contributed by atoms with Crippen LogP contribution < -0.4 is 0 Å². The normalized spacial score (nSPS) is 13.4. The molecular formula is C11H4Cl2F6O2. The van der Waals surface area contributed by atoms with E-state index in [1.807, 2.05) is 0 Å². The van der Waals surface area contributed by atoms with Crippen molar-refractivity contribution in [1.29, 1.82) is 0 Å². The standard InChI is InChI=1S/C11H4Cl2F6O2/c12-6-2-4(1-5(9(6)13)10(14,15)16)7(20)3-8(21)11(17,18)19/h1-3,20H/b7-3-. The SMILES string of the molecule is O=C(/C=C(\O)c1cc(Cl)c(Cl)c(C(F)(F)F)c1)C(F)(F)F. The first kappa shape index (κ1) is 17.6. The van der Waals surface area contributed by atoms with Gasteiger partial charge in [0.25, 0.3) is 5.78 Å². The third-order valence-electron chi connectivity index (χ3n) is 2.18. The summed E-state index contributed by atoms with van der Waals surface area (Å²) < 4.78 is 73.9. The first-order valence-electron chi connectivity index (χ1n) is 4.92. The predicted molar refractivity (Wildman–Crippen MR) is 63.1 cm³/mol. The van der Waals surface area contributed by atoms with Gasteiger partial charge in [0.15, 0.2) is 0 Å². The van der Waals surface area contributed by atoms with Gasteiger partial charge in [-0.1, -0.05) is 23.2 Å². The van der Waals surface area contributed by atoms with Gasteiger partial charge in [0, 0.05) is 11.6 Å². The van der Waals surface area contributed by atoms with Crippen LogP contribution >= 0.6 is 23.2 Å². The minimum absolute atomic E-state index is 0.250. The van der Waals surface area contributed by atoms with Crippen LogP contribution in [0.5, 0.6) is 0 Å². The molecule has 0 unspecified atom stereocenters. The highest BCUT2D eigenvalue weighted by molar-refractivity contribution is 6.42. The number of hydrogen-bond acceptors (Lipinski definition) is 2. The molecule has 0 spiro atoms. The molecule has 1 aromatic rings. The van der Waals surface area contributed by atoms with E-state index in [4.69, 9.17) is 23.2 Å². The Bertz CT molecular complexity index is 604. The number of alkyl halides is 6. The Balaban J connectivity index is 3.36. The number of aliphatic hydroxyl groups is 1. The van der Waals surface area contributed by atoms with E-state index >= 15 is 0 Å². The summed E-state index contributed by atoms with van der Waals surface area (Å²) in [5, 5.41) is 7.82. The van der Waals surface area contributed by atoms with Gasteiger partial charge in [-0.25, -0.2) is 0 Å². The lowest BCUT2D eigenvalue weighted by molar-refractivity contribution is -0.165. The van der Waals surface area contributed by atoms with Crippen LogP contribution in [0.1, 0.15) is 11.1 Å². The fourth-order valence-corrected chi connectivity index (χ4v) is 1.67. The number of benzene rings is 1. The maximum Gasteiger partial charge on any atom is 0.454 e. The molecule has 10 heteroatoms. The fourth-order valence-electron chi connectivity index (χ4n) is 1.23. The Morgan fingerprint density at radius 1 is 1.10 bits per heavy atom. The number of halogens is 8. The second-order valence-corrected chi connectivity index (χ2v) is 4.49. The van der Waals surface area contributed by atoms with E-state index in [0.29, 0.717) is 6.07 Å². The molecule has 0 aliphatic heterocycles. The molecule has 0 bridgehead atoms. The molecule has 1 aromatic carbocycles. The van der Waals surface area contributed by atoms with E-state index in [2.05, 4.69) is 0 Å². The lowest BCUT2D eigenvalue weighted by Crippen LogP contribution is -2.20. The van der Waals surface area contributed by atoms with Crippen molar-refractivity contribution >= 4 is 34.7 Å². The molecule has 116 valence electrons. The van der Waals surface area contributed by atoms with Crippen molar-refractivity contribution < 1.29 is 36.2 Å². The van der Waals surface area contributed by atoms with Gasteiger partial charge < -0.3 is 5.11 Å². The van der Waals surface area contributed by atoms with Crippen LogP contribution in [0, 0.1) is 0 Å². The highest BCUT2D eigenvalue weighted by Crippen LogP contribution is 2.40. The molecule has 2 nitrogen and oxygen atoms in total. The second kappa shape index (κ2) is 5.76. The van der Waals surface area contributed by atoms with E-state index in [0.717, 1.165) is 0 Å². The van der Waals surface area contributed by atoms with E-state index in [1.165, 1.54) is 0 Å². The minimum Gasteiger partial charge on any atom is -0.507 e. The predicted octanol–water partition coefficient (Wildman–Crippen LogP) is 5.04. The molecule has 0 heterocycles. The Morgan fingerprint density at radius 3 is 2.05 bits per heavy atom. The first-order chi connectivity index (χ1) is 9.34. The second-order valence-electron chi connectivity index (χ2n) is 3.71. The van der Waals surface area contributed by atoms with Gasteiger partial charge in [-0.2, -0.15) is 26.3 Å². The van der Waals surface area contributed by atoms with E-state index in [-0.39, 0.29) is 12.1 Å². The van der Waals surface area contributed by atoms with Crippen LogP contribution in [-0.2, 0) is 11.0 Å².